The van der Waals surface area contributed by atoms with Crippen LogP contribution in [0.25, 0.3) is 0 Å². The quantitative estimate of drug-likeness (QED) is 0.855. The van der Waals surface area contributed by atoms with Gasteiger partial charge in [0.05, 0.1) is 14.2 Å². The van der Waals surface area contributed by atoms with Crippen LogP contribution in [0, 0.1) is 0 Å². The number of hydrogen-bond donors (Lipinski definition) is 1. The van der Waals surface area contributed by atoms with Crippen LogP contribution < -0.4 is 15.2 Å². The van der Waals surface area contributed by atoms with Gasteiger partial charge in [0.25, 0.3) is 0 Å². The summed E-state index contributed by atoms with van der Waals surface area (Å²) in [5.74, 6) is 0.840. The average Bonchev–Trinajstić information content (AvgIpc) is 2.36. The van der Waals surface area contributed by atoms with Gasteiger partial charge >= 0.3 is 0 Å². The van der Waals surface area contributed by atoms with Gasteiger partial charge in [0, 0.05) is 18.4 Å². The molecule has 0 aliphatic carbocycles. The van der Waals surface area contributed by atoms with E-state index in [1.807, 2.05) is 6.92 Å². The van der Waals surface area contributed by atoms with Gasteiger partial charge in [-0.3, -0.25) is 0 Å². The molecule has 1 atom stereocenters. The number of hydrogen-bond acceptors (Lipinski definition) is 5. The Morgan fingerprint density at radius 2 is 1.79 bits per heavy atom. The molecule has 0 heterocycles. The maximum absolute atomic E-state index is 11.7. The fourth-order valence-corrected chi connectivity index (χ4v) is 2.64. The van der Waals surface area contributed by atoms with E-state index in [1.54, 1.807) is 6.07 Å². The maximum atomic E-state index is 11.7. The second-order valence-electron chi connectivity index (χ2n) is 4.46. The smallest absolute Gasteiger partial charge is 0.179 e. The highest BCUT2D eigenvalue weighted by molar-refractivity contribution is 7.90. The highest BCUT2D eigenvalue weighted by Gasteiger charge is 2.19. The molecule has 0 radical (unpaired) electrons. The van der Waals surface area contributed by atoms with Crippen molar-refractivity contribution in [2.45, 2.75) is 30.7 Å². The summed E-state index contributed by atoms with van der Waals surface area (Å²) in [6, 6.07) is 3.18. The Bertz CT molecular complexity index is 540. The van der Waals surface area contributed by atoms with Crippen molar-refractivity contribution >= 4 is 9.84 Å². The standard InChI is InChI=1S/C13H21NO4S/c1-5-10(14)6-9-7-12(18-3)13(19(4,15)16)8-11(9)17-2/h7-8,10H,5-6,14H2,1-4H3. The third-order valence-corrected chi connectivity index (χ3v) is 4.09. The van der Waals surface area contributed by atoms with Crippen molar-refractivity contribution in [3.8, 4) is 11.5 Å². The van der Waals surface area contributed by atoms with Gasteiger partial charge in [0.1, 0.15) is 16.4 Å². The van der Waals surface area contributed by atoms with E-state index in [4.69, 9.17) is 15.2 Å². The predicted octanol–water partition coefficient (Wildman–Crippen LogP) is 1.39. The van der Waals surface area contributed by atoms with E-state index in [-0.39, 0.29) is 10.9 Å². The molecule has 2 N–H and O–H groups in total. The molecular weight excluding hydrogens is 266 g/mol. The molecule has 108 valence electrons. The highest BCUT2D eigenvalue weighted by atomic mass is 32.2. The predicted molar refractivity (Wildman–Crippen MR) is 74.6 cm³/mol. The third-order valence-electron chi connectivity index (χ3n) is 2.97. The molecule has 1 aromatic carbocycles. The van der Waals surface area contributed by atoms with Crippen molar-refractivity contribution in [1.29, 1.82) is 0 Å². The van der Waals surface area contributed by atoms with Crippen LogP contribution in [0.4, 0.5) is 0 Å². The van der Waals surface area contributed by atoms with Crippen LogP contribution in [-0.2, 0) is 16.3 Å². The SMILES string of the molecule is CCC(N)Cc1cc(OC)c(S(C)(=O)=O)cc1OC. The Morgan fingerprint density at radius 3 is 2.21 bits per heavy atom. The average molecular weight is 287 g/mol. The van der Waals surface area contributed by atoms with Crippen molar-refractivity contribution in [2.75, 3.05) is 20.5 Å². The lowest BCUT2D eigenvalue weighted by atomic mass is 10.0. The first-order valence-corrected chi connectivity index (χ1v) is 7.93. The first-order chi connectivity index (χ1) is 8.83. The minimum absolute atomic E-state index is 0.00249. The van der Waals surface area contributed by atoms with Crippen LogP contribution in [0.2, 0.25) is 0 Å². The summed E-state index contributed by atoms with van der Waals surface area (Å²) in [7, 11) is -0.412. The van der Waals surface area contributed by atoms with E-state index in [9.17, 15) is 8.42 Å². The van der Waals surface area contributed by atoms with Gasteiger partial charge < -0.3 is 15.2 Å². The van der Waals surface area contributed by atoms with Crippen LogP contribution >= 0.6 is 0 Å². The molecule has 0 aliphatic heterocycles. The molecule has 5 nitrogen and oxygen atoms in total. The monoisotopic (exact) mass is 287 g/mol. The zero-order valence-corrected chi connectivity index (χ0v) is 12.6. The Balaban J connectivity index is 3.35. The fraction of sp³-hybridized carbons (Fsp3) is 0.538. The molecule has 0 amide bonds. The Kier molecular flexibility index (Phi) is 5.20. The van der Waals surface area contributed by atoms with Gasteiger partial charge in [-0.1, -0.05) is 6.92 Å². The molecule has 0 fully saturated rings. The lowest BCUT2D eigenvalue weighted by Crippen LogP contribution is -2.21. The minimum atomic E-state index is -3.37. The molecule has 1 aromatic rings. The van der Waals surface area contributed by atoms with E-state index in [0.29, 0.717) is 17.9 Å². The molecule has 0 aliphatic rings. The molecule has 19 heavy (non-hydrogen) atoms. The largest absolute Gasteiger partial charge is 0.496 e. The highest BCUT2D eigenvalue weighted by Crippen LogP contribution is 2.32. The molecule has 1 unspecified atom stereocenters. The molecule has 0 saturated heterocycles. The number of sulfone groups is 1. The first kappa shape index (κ1) is 15.8. The summed E-state index contributed by atoms with van der Waals surface area (Å²) >= 11 is 0. The summed E-state index contributed by atoms with van der Waals surface area (Å²) in [4.78, 5) is 0.126. The fourth-order valence-electron chi connectivity index (χ4n) is 1.81. The molecular formula is C13H21NO4S. The first-order valence-electron chi connectivity index (χ1n) is 6.04. The second-order valence-corrected chi connectivity index (χ2v) is 6.44. The molecule has 6 heteroatoms. The van der Waals surface area contributed by atoms with Crippen LogP contribution in [0.15, 0.2) is 17.0 Å². The van der Waals surface area contributed by atoms with Crippen molar-refractivity contribution in [1.82, 2.24) is 0 Å². The molecule has 0 bridgehead atoms. The van der Waals surface area contributed by atoms with E-state index in [1.165, 1.54) is 20.3 Å². The summed E-state index contributed by atoms with van der Waals surface area (Å²) in [6.07, 6.45) is 2.58. The van der Waals surface area contributed by atoms with E-state index >= 15 is 0 Å². The molecule has 0 saturated carbocycles. The van der Waals surface area contributed by atoms with Crippen LogP contribution in [-0.4, -0.2) is 34.9 Å². The number of nitrogens with two attached hydrogens (primary N) is 1. The van der Waals surface area contributed by atoms with Crippen LogP contribution in [0.5, 0.6) is 11.5 Å². The number of benzene rings is 1. The van der Waals surface area contributed by atoms with Gasteiger partial charge in [-0.25, -0.2) is 8.42 Å². The van der Waals surface area contributed by atoms with Gasteiger partial charge in [-0.2, -0.15) is 0 Å². The van der Waals surface area contributed by atoms with Crippen molar-refractivity contribution < 1.29 is 17.9 Å². The van der Waals surface area contributed by atoms with E-state index < -0.39 is 9.84 Å². The normalized spacial score (nSPS) is 13.1. The lowest BCUT2D eigenvalue weighted by Gasteiger charge is -2.16. The van der Waals surface area contributed by atoms with E-state index in [2.05, 4.69) is 0 Å². The van der Waals surface area contributed by atoms with Crippen molar-refractivity contribution in [3.63, 3.8) is 0 Å². The van der Waals surface area contributed by atoms with Crippen molar-refractivity contribution in [3.05, 3.63) is 17.7 Å². The Hall–Kier alpha value is -1.27. The van der Waals surface area contributed by atoms with Gasteiger partial charge in [0.2, 0.25) is 0 Å². The Morgan fingerprint density at radius 1 is 1.21 bits per heavy atom. The number of rotatable bonds is 6. The zero-order valence-electron chi connectivity index (χ0n) is 11.8. The summed E-state index contributed by atoms with van der Waals surface area (Å²) in [6.45, 7) is 2.00. The van der Waals surface area contributed by atoms with E-state index in [0.717, 1.165) is 18.2 Å². The second kappa shape index (κ2) is 6.25. The molecule has 0 spiro atoms. The lowest BCUT2D eigenvalue weighted by molar-refractivity contribution is 0.387. The van der Waals surface area contributed by atoms with Gasteiger partial charge in [-0.05, 0) is 24.5 Å². The number of methoxy groups -OCH3 is 2. The molecule has 0 aromatic heterocycles. The minimum Gasteiger partial charge on any atom is -0.496 e. The van der Waals surface area contributed by atoms with Gasteiger partial charge in [0.15, 0.2) is 9.84 Å². The van der Waals surface area contributed by atoms with Crippen LogP contribution in [0.1, 0.15) is 18.9 Å². The van der Waals surface area contributed by atoms with Gasteiger partial charge in [-0.15, -0.1) is 0 Å². The third kappa shape index (κ3) is 3.84. The molecule has 1 rings (SSSR count). The Labute approximate surface area is 114 Å². The van der Waals surface area contributed by atoms with Crippen LogP contribution in [0.3, 0.4) is 0 Å². The van der Waals surface area contributed by atoms with Crippen molar-refractivity contribution in [2.24, 2.45) is 5.73 Å². The zero-order chi connectivity index (χ0) is 14.6. The maximum Gasteiger partial charge on any atom is 0.179 e. The summed E-state index contributed by atoms with van der Waals surface area (Å²) in [5, 5.41) is 0. The topological polar surface area (TPSA) is 78.6 Å². The number of ether oxygens (including phenoxy) is 2. The summed E-state index contributed by atoms with van der Waals surface area (Å²) in [5.41, 5.74) is 6.78. The summed E-state index contributed by atoms with van der Waals surface area (Å²) < 4.78 is 33.8.